The van der Waals surface area contributed by atoms with E-state index in [0.717, 1.165) is 37.9 Å². The second kappa shape index (κ2) is 7.87. The summed E-state index contributed by atoms with van der Waals surface area (Å²) in [5.74, 6) is 0.0758. The smallest absolute Gasteiger partial charge is 0.254 e. The largest absolute Gasteiger partial charge is 0.339 e. The third-order valence-electron chi connectivity index (χ3n) is 3.91. The standard InChI is InChI=1S/C15H21ClN2O.ClH/c1-11-13(6-3-7-14(11)16)15(19)18(2)12-5-4-9-17-10-8-12;/h3,6-7,12,17H,4-5,8-10H2,1-2H3;1H. The molecule has 1 heterocycles. The Morgan fingerprint density at radius 1 is 1.35 bits per heavy atom. The van der Waals surface area contributed by atoms with Crippen molar-refractivity contribution in [3.8, 4) is 0 Å². The number of hydrogen-bond donors (Lipinski definition) is 1. The Balaban J connectivity index is 0.00000200. The summed E-state index contributed by atoms with van der Waals surface area (Å²) in [4.78, 5) is 14.5. The van der Waals surface area contributed by atoms with Crippen LogP contribution >= 0.6 is 24.0 Å². The highest BCUT2D eigenvalue weighted by molar-refractivity contribution is 6.31. The summed E-state index contributed by atoms with van der Waals surface area (Å²) >= 11 is 6.09. The van der Waals surface area contributed by atoms with Crippen LogP contribution in [0.25, 0.3) is 0 Å². The Labute approximate surface area is 132 Å². The molecule has 2 rings (SSSR count). The van der Waals surface area contributed by atoms with E-state index in [1.54, 1.807) is 0 Å². The minimum atomic E-state index is 0. The molecule has 1 aromatic rings. The first-order valence-electron chi connectivity index (χ1n) is 6.84. The molecule has 1 aromatic carbocycles. The Hall–Kier alpha value is -0.770. The van der Waals surface area contributed by atoms with Gasteiger partial charge in [0.15, 0.2) is 0 Å². The van der Waals surface area contributed by atoms with Gasteiger partial charge in [-0.2, -0.15) is 0 Å². The summed E-state index contributed by atoms with van der Waals surface area (Å²) in [5, 5.41) is 4.03. The van der Waals surface area contributed by atoms with Crippen LogP contribution in [0.5, 0.6) is 0 Å². The van der Waals surface area contributed by atoms with E-state index in [0.29, 0.717) is 16.6 Å². The van der Waals surface area contributed by atoms with Crippen LogP contribution in [0.1, 0.15) is 35.2 Å². The molecule has 1 amide bonds. The lowest BCUT2D eigenvalue weighted by Crippen LogP contribution is -2.37. The van der Waals surface area contributed by atoms with Crippen molar-refractivity contribution in [3.63, 3.8) is 0 Å². The van der Waals surface area contributed by atoms with Gasteiger partial charge in [0.25, 0.3) is 5.91 Å². The van der Waals surface area contributed by atoms with Crippen LogP contribution in [0.4, 0.5) is 0 Å². The maximum absolute atomic E-state index is 12.6. The van der Waals surface area contributed by atoms with Crippen molar-refractivity contribution in [2.45, 2.75) is 32.2 Å². The zero-order chi connectivity index (χ0) is 13.8. The number of nitrogens with zero attached hydrogens (tertiary/aromatic N) is 1. The molecule has 0 radical (unpaired) electrons. The molecular weight excluding hydrogens is 295 g/mol. The Kier molecular flexibility index (Phi) is 6.80. The van der Waals surface area contributed by atoms with Gasteiger partial charge in [-0.1, -0.05) is 17.7 Å². The molecule has 3 nitrogen and oxygen atoms in total. The summed E-state index contributed by atoms with van der Waals surface area (Å²) in [6.45, 7) is 3.93. The lowest BCUT2D eigenvalue weighted by Gasteiger charge is -2.27. The van der Waals surface area contributed by atoms with Gasteiger partial charge in [0.05, 0.1) is 0 Å². The van der Waals surface area contributed by atoms with Crippen molar-refractivity contribution in [1.29, 1.82) is 0 Å². The fourth-order valence-electron chi connectivity index (χ4n) is 2.58. The predicted molar refractivity (Wildman–Crippen MR) is 86.0 cm³/mol. The molecule has 5 heteroatoms. The highest BCUT2D eigenvalue weighted by Gasteiger charge is 2.23. The monoisotopic (exact) mass is 316 g/mol. The van der Waals surface area contributed by atoms with Crippen molar-refractivity contribution < 1.29 is 4.79 Å². The van der Waals surface area contributed by atoms with Crippen LogP contribution < -0.4 is 5.32 Å². The molecule has 1 N–H and O–H groups in total. The highest BCUT2D eigenvalue weighted by atomic mass is 35.5. The maximum Gasteiger partial charge on any atom is 0.254 e. The second-order valence-corrected chi connectivity index (χ2v) is 5.57. The molecule has 0 aromatic heterocycles. The summed E-state index contributed by atoms with van der Waals surface area (Å²) in [6, 6.07) is 5.84. The SMILES string of the molecule is Cc1c(Cl)cccc1C(=O)N(C)C1CCCNCC1.Cl. The summed E-state index contributed by atoms with van der Waals surface area (Å²) in [5.41, 5.74) is 1.58. The van der Waals surface area contributed by atoms with Gasteiger partial charge in [0, 0.05) is 23.7 Å². The zero-order valence-corrected chi connectivity index (χ0v) is 13.6. The summed E-state index contributed by atoms with van der Waals surface area (Å²) < 4.78 is 0. The number of amides is 1. The number of hydrogen-bond acceptors (Lipinski definition) is 2. The number of carbonyl (C=O) groups is 1. The number of nitrogens with one attached hydrogen (secondary N) is 1. The van der Waals surface area contributed by atoms with Crippen LogP contribution in [0.3, 0.4) is 0 Å². The van der Waals surface area contributed by atoms with E-state index in [1.807, 2.05) is 37.1 Å². The van der Waals surface area contributed by atoms with Crippen molar-refractivity contribution in [1.82, 2.24) is 10.2 Å². The van der Waals surface area contributed by atoms with Gasteiger partial charge in [0.2, 0.25) is 0 Å². The molecule has 1 atom stereocenters. The quantitative estimate of drug-likeness (QED) is 0.908. The van der Waals surface area contributed by atoms with Gasteiger partial charge in [-0.15, -0.1) is 12.4 Å². The van der Waals surface area contributed by atoms with Crippen LogP contribution in [0.15, 0.2) is 18.2 Å². The van der Waals surface area contributed by atoms with Crippen molar-refractivity contribution in [3.05, 3.63) is 34.3 Å². The van der Waals surface area contributed by atoms with Gasteiger partial charge in [-0.05, 0) is 57.0 Å². The average molecular weight is 317 g/mol. The van der Waals surface area contributed by atoms with Crippen LogP contribution in [0, 0.1) is 6.92 Å². The Morgan fingerprint density at radius 3 is 2.85 bits per heavy atom. The van der Waals surface area contributed by atoms with E-state index >= 15 is 0 Å². The Morgan fingerprint density at radius 2 is 2.10 bits per heavy atom. The van der Waals surface area contributed by atoms with Crippen LogP contribution in [-0.4, -0.2) is 37.0 Å². The van der Waals surface area contributed by atoms with Gasteiger partial charge in [-0.3, -0.25) is 4.79 Å². The normalized spacial score (nSPS) is 18.9. The Bertz CT molecular complexity index is 457. The molecule has 1 aliphatic rings. The van der Waals surface area contributed by atoms with E-state index in [2.05, 4.69) is 5.32 Å². The number of benzene rings is 1. The van der Waals surface area contributed by atoms with Crippen molar-refractivity contribution >= 4 is 29.9 Å². The first-order chi connectivity index (χ1) is 9.11. The summed E-state index contributed by atoms with van der Waals surface area (Å²) in [6.07, 6.45) is 3.20. The molecule has 0 bridgehead atoms. The van der Waals surface area contributed by atoms with Gasteiger partial charge in [-0.25, -0.2) is 0 Å². The fourth-order valence-corrected chi connectivity index (χ4v) is 2.76. The van der Waals surface area contributed by atoms with Crippen molar-refractivity contribution in [2.75, 3.05) is 20.1 Å². The summed E-state index contributed by atoms with van der Waals surface area (Å²) in [7, 11) is 1.90. The van der Waals surface area contributed by atoms with E-state index in [1.165, 1.54) is 0 Å². The molecule has 0 aliphatic carbocycles. The topological polar surface area (TPSA) is 32.3 Å². The molecule has 0 saturated carbocycles. The molecular formula is C15H22Cl2N2O. The molecule has 112 valence electrons. The highest BCUT2D eigenvalue weighted by Crippen LogP contribution is 2.22. The number of halogens is 2. The molecule has 1 aliphatic heterocycles. The fraction of sp³-hybridized carbons (Fsp3) is 0.533. The molecule has 20 heavy (non-hydrogen) atoms. The molecule has 0 spiro atoms. The maximum atomic E-state index is 12.6. The van der Waals surface area contributed by atoms with E-state index in [-0.39, 0.29) is 18.3 Å². The van der Waals surface area contributed by atoms with E-state index in [4.69, 9.17) is 11.6 Å². The van der Waals surface area contributed by atoms with Crippen LogP contribution in [0.2, 0.25) is 5.02 Å². The second-order valence-electron chi connectivity index (χ2n) is 5.16. The number of carbonyl (C=O) groups excluding carboxylic acids is 1. The minimum Gasteiger partial charge on any atom is -0.339 e. The van der Waals surface area contributed by atoms with Gasteiger partial charge >= 0.3 is 0 Å². The lowest BCUT2D eigenvalue weighted by atomic mass is 10.0. The first-order valence-corrected chi connectivity index (χ1v) is 7.22. The molecule has 1 unspecified atom stereocenters. The number of rotatable bonds is 2. The van der Waals surface area contributed by atoms with E-state index < -0.39 is 0 Å². The minimum absolute atomic E-state index is 0. The van der Waals surface area contributed by atoms with E-state index in [9.17, 15) is 4.79 Å². The van der Waals surface area contributed by atoms with Gasteiger partial charge < -0.3 is 10.2 Å². The predicted octanol–water partition coefficient (Wildman–Crippen LogP) is 3.28. The van der Waals surface area contributed by atoms with Crippen molar-refractivity contribution in [2.24, 2.45) is 0 Å². The van der Waals surface area contributed by atoms with Crippen LogP contribution in [-0.2, 0) is 0 Å². The van der Waals surface area contributed by atoms with Gasteiger partial charge in [0.1, 0.15) is 0 Å². The average Bonchev–Trinajstić information content (AvgIpc) is 2.69. The third-order valence-corrected chi connectivity index (χ3v) is 4.32. The molecule has 1 saturated heterocycles. The first kappa shape index (κ1) is 17.3. The zero-order valence-electron chi connectivity index (χ0n) is 12.0. The lowest BCUT2D eigenvalue weighted by molar-refractivity contribution is 0.0719. The molecule has 1 fully saturated rings. The third kappa shape index (κ3) is 3.87.